The number of piperazine rings is 1. The van der Waals surface area contributed by atoms with Crippen LogP contribution in [0.25, 0.3) is 11.4 Å². The molecular weight excluding hydrogens is 264 g/mol. The van der Waals surface area contributed by atoms with E-state index in [2.05, 4.69) is 44.5 Å². The number of nitrogens with zero attached hydrogens (tertiary/aromatic N) is 3. The molecule has 2 heterocycles. The third kappa shape index (κ3) is 3.20. The van der Waals surface area contributed by atoms with E-state index in [0.29, 0.717) is 5.82 Å². The van der Waals surface area contributed by atoms with Gasteiger partial charge in [0.15, 0.2) is 5.82 Å². The van der Waals surface area contributed by atoms with Crippen LogP contribution in [-0.4, -0.2) is 41.3 Å². The summed E-state index contributed by atoms with van der Waals surface area (Å²) in [7, 11) is 0. The molecule has 110 valence electrons. The highest BCUT2D eigenvalue weighted by atomic mass is 16.3. The van der Waals surface area contributed by atoms with Crippen molar-refractivity contribution in [3.8, 4) is 11.4 Å². The van der Waals surface area contributed by atoms with Crippen molar-refractivity contribution in [3.05, 3.63) is 42.2 Å². The van der Waals surface area contributed by atoms with Gasteiger partial charge in [0.1, 0.15) is 0 Å². The first-order valence-corrected chi connectivity index (χ1v) is 7.30. The van der Waals surface area contributed by atoms with Crippen LogP contribution in [0.15, 0.2) is 36.7 Å². The second kappa shape index (κ2) is 6.20. The Balaban J connectivity index is 1.76. The molecule has 0 radical (unpaired) electrons. The van der Waals surface area contributed by atoms with Gasteiger partial charge in [-0.3, -0.25) is 0 Å². The van der Waals surface area contributed by atoms with Crippen molar-refractivity contribution in [1.82, 2.24) is 15.3 Å². The van der Waals surface area contributed by atoms with E-state index >= 15 is 0 Å². The highest BCUT2D eigenvalue weighted by Crippen LogP contribution is 2.21. The molecule has 0 bridgehead atoms. The lowest BCUT2D eigenvalue weighted by molar-refractivity contribution is 0.198. The molecule has 1 unspecified atom stereocenters. The van der Waals surface area contributed by atoms with E-state index in [9.17, 15) is 5.11 Å². The van der Waals surface area contributed by atoms with Crippen molar-refractivity contribution >= 4 is 5.69 Å². The summed E-state index contributed by atoms with van der Waals surface area (Å²) in [5.41, 5.74) is 2.96. The highest BCUT2D eigenvalue weighted by Gasteiger charge is 2.11. The predicted octanol–water partition coefficient (Wildman–Crippen LogP) is 1.61. The average molecular weight is 284 g/mol. The van der Waals surface area contributed by atoms with Gasteiger partial charge in [-0.2, -0.15) is 0 Å². The summed E-state index contributed by atoms with van der Waals surface area (Å²) < 4.78 is 0. The minimum atomic E-state index is -0.533. The number of hydrogen-bond acceptors (Lipinski definition) is 5. The van der Waals surface area contributed by atoms with Crippen molar-refractivity contribution < 1.29 is 5.11 Å². The van der Waals surface area contributed by atoms with Gasteiger partial charge < -0.3 is 15.3 Å². The number of benzene rings is 1. The van der Waals surface area contributed by atoms with Crippen LogP contribution in [0.3, 0.4) is 0 Å². The quantitative estimate of drug-likeness (QED) is 0.896. The number of aliphatic hydroxyl groups excluding tert-OH is 1. The fourth-order valence-electron chi connectivity index (χ4n) is 2.45. The van der Waals surface area contributed by atoms with Gasteiger partial charge in [0.05, 0.1) is 6.10 Å². The Morgan fingerprint density at radius 1 is 1.10 bits per heavy atom. The fraction of sp³-hybridized carbons (Fsp3) is 0.375. The maximum absolute atomic E-state index is 9.48. The molecule has 5 heteroatoms. The topological polar surface area (TPSA) is 61.3 Å². The predicted molar refractivity (Wildman–Crippen MR) is 83.2 cm³/mol. The molecule has 1 aliphatic heterocycles. The van der Waals surface area contributed by atoms with Crippen molar-refractivity contribution in [3.63, 3.8) is 0 Å². The first kappa shape index (κ1) is 14.0. The lowest BCUT2D eigenvalue weighted by atomic mass is 10.1. The standard InChI is InChI=1S/C16H20N4O/c1-12(21)14-10-18-16(19-11-14)13-2-4-15(5-3-13)20-8-6-17-7-9-20/h2-5,10-12,17,21H,6-9H2,1H3. The molecule has 3 rings (SSSR count). The fourth-order valence-corrected chi connectivity index (χ4v) is 2.45. The second-order valence-electron chi connectivity index (χ2n) is 5.30. The van der Waals surface area contributed by atoms with Crippen molar-refractivity contribution in [2.45, 2.75) is 13.0 Å². The third-order valence-corrected chi connectivity index (χ3v) is 3.76. The normalized spacial score (nSPS) is 16.8. The number of rotatable bonds is 3. The van der Waals surface area contributed by atoms with E-state index in [1.54, 1.807) is 19.3 Å². The van der Waals surface area contributed by atoms with Gasteiger partial charge in [-0.1, -0.05) is 0 Å². The Hall–Kier alpha value is -1.98. The first-order valence-electron chi connectivity index (χ1n) is 7.30. The van der Waals surface area contributed by atoms with Crippen molar-refractivity contribution in [1.29, 1.82) is 0 Å². The monoisotopic (exact) mass is 284 g/mol. The molecule has 0 amide bonds. The van der Waals surface area contributed by atoms with E-state index in [4.69, 9.17) is 0 Å². The zero-order valence-electron chi connectivity index (χ0n) is 12.2. The lowest BCUT2D eigenvalue weighted by Gasteiger charge is -2.29. The molecule has 0 saturated carbocycles. The minimum absolute atomic E-state index is 0.533. The van der Waals surface area contributed by atoms with E-state index < -0.39 is 6.10 Å². The maximum atomic E-state index is 9.48. The number of anilines is 1. The summed E-state index contributed by atoms with van der Waals surface area (Å²) in [6.07, 6.45) is 2.82. The summed E-state index contributed by atoms with van der Waals surface area (Å²) in [5, 5.41) is 12.8. The van der Waals surface area contributed by atoms with Crippen LogP contribution < -0.4 is 10.2 Å². The molecule has 0 spiro atoms. The first-order chi connectivity index (χ1) is 10.2. The SMILES string of the molecule is CC(O)c1cnc(-c2ccc(N3CCNCC3)cc2)nc1. The van der Waals surface area contributed by atoms with Crippen molar-refractivity contribution in [2.75, 3.05) is 31.1 Å². The zero-order valence-corrected chi connectivity index (χ0v) is 12.2. The van der Waals surface area contributed by atoms with Crippen LogP contribution in [-0.2, 0) is 0 Å². The number of aromatic nitrogens is 2. The van der Waals surface area contributed by atoms with E-state index in [1.165, 1.54) is 5.69 Å². The molecule has 1 saturated heterocycles. The Labute approximate surface area is 124 Å². The van der Waals surface area contributed by atoms with Crippen LogP contribution >= 0.6 is 0 Å². The molecule has 21 heavy (non-hydrogen) atoms. The Kier molecular flexibility index (Phi) is 4.13. The number of nitrogens with one attached hydrogen (secondary N) is 1. The Bertz CT molecular complexity index is 574. The van der Waals surface area contributed by atoms with E-state index in [0.717, 1.165) is 37.3 Å². The van der Waals surface area contributed by atoms with Crippen LogP contribution in [0.5, 0.6) is 0 Å². The largest absolute Gasteiger partial charge is 0.389 e. The van der Waals surface area contributed by atoms with E-state index in [-0.39, 0.29) is 0 Å². The van der Waals surface area contributed by atoms with Gasteiger partial charge in [-0.25, -0.2) is 9.97 Å². The molecule has 0 aliphatic carbocycles. The second-order valence-corrected chi connectivity index (χ2v) is 5.30. The van der Waals surface area contributed by atoms with Gasteiger partial charge in [0, 0.05) is 55.4 Å². The maximum Gasteiger partial charge on any atom is 0.159 e. The van der Waals surface area contributed by atoms with Gasteiger partial charge in [0.25, 0.3) is 0 Å². The van der Waals surface area contributed by atoms with Crippen LogP contribution in [0.4, 0.5) is 5.69 Å². The minimum Gasteiger partial charge on any atom is -0.389 e. The van der Waals surface area contributed by atoms with Crippen LogP contribution in [0.1, 0.15) is 18.6 Å². The molecule has 1 atom stereocenters. The smallest absolute Gasteiger partial charge is 0.159 e. The lowest BCUT2D eigenvalue weighted by Crippen LogP contribution is -2.43. The number of aliphatic hydroxyl groups is 1. The van der Waals surface area contributed by atoms with Gasteiger partial charge in [-0.05, 0) is 31.2 Å². The highest BCUT2D eigenvalue weighted by molar-refractivity contribution is 5.60. The average Bonchev–Trinajstić information content (AvgIpc) is 2.56. The summed E-state index contributed by atoms with van der Waals surface area (Å²) in [4.78, 5) is 11.0. The molecule has 1 fully saturated rings. The summed E-state index contributed by atoms with van der Waals surface area (Å²) in [6.45, 7) is 5.86. The Morgan fingerprint density at radius 2 is 1.71 bits per heavy atom. The van der Waals surface area contributed by atoms with Crippen molar-refractivity contribution in [2.24, 2.45) is 0 Å². The van der Waals surface area contributed by atoms with Gasteiger partial charge in [0.2, 0.25) is 0 Å². The molecule has 2 aromatic rings. The number of hydrogen-bond donors (Lipinski definition) is 2. The summed E-state index contributed by atoms with van der Waals surface area (Å²) in [6, 6.07) is 8.34. The molecule has 2 N–H and O–H groups in total. The third-order valence-electron chi connectivity index (χ3n) is 3.76. The molecular formula is C16H20N4O. The van der Waals surface area contributed by atoms with Crippen LogP contribution in [0, 0.1) is 0 Å². The zero-order chi connectivity index (χ0) is 14.7. The van der Waals surface area contributed by atoms with Gasteiger partial charge >= 0.3 is 0 Å². The molecule has 1 aromatic heterocycles. The molecule has 1 aromatic carbocycles. The van der Waals surface area contributed by atoms with E-state index in [1.807, 2.05) is 0 Å². The summed E-state index contributed by atoms with van der Waals surface area (Å²) >= 11 is 0. The molecule has 5 nitrogen and oxygen atoms in total. The van der Waals surface area contributed by atoms with Crippen LogP contribution in [0.2, 0.25) is 0 Å². The Morgan fingerprint density at radius 3 is 2.29 bits per heavy atom. The van der Waals surface area contributed by atoms with Gasteiger partial charge in [-0.15, -0.1) is 0 Å². The molecule has 1 aliphatic rings. The summed E-state index contributed by atoms with van der Waals surface area (Å²) in [5.74, 6) is 0.686.